The minimum atomic E-state index is -3.35. The van der Waals surface area contributed by atoms with Crippen LogP contribution in [-0.2, 0) is 21.2 Å². The van der Waals surface area contributed by atoms with E-state index in [1.54, 1.807) is 12.1 Å². The number of rotatable bonds is 4. The number of hydrogen-bond acceptors (Lipinski definition) is 4. The predicted molar refractivity (Wildman–Crippen MR) is 78.5 cm³/mol. The summed E-state index contributed by atoms with van der Waals surface area (Å²) < 4.78 is 25.0. The molecular weight excluding hydrogens is 294 g/mol. The van der Waals surface area contributed by atoms with Crippen LogP contribution < -0.4 is 15.4 Å². The molecule has 0 radical (unpaired) electrons. The molecule has 1 aliphatic rings. The van der Waals surface area contributed by atoms with Gasteiger partial charge in [0.1, 0.15) is 0 Å². The summed E-state index contributed by atoms with van der Waals surface area (Å²) >= 11 is 0. The number of carbonyl (C=O) groups excluding carboxylic acids is 2. The Hall–Kier alpha value is -2.09. The van der Waals surface area contributed by atoms with Crippen molar-refractivity contribution in [2.24, 2.45) is 5.73 Å². The van der Waals surface area contributed by atoms with Gasteiger partial charge >= 0.3 is 0 Å². The number of fused-ring (bicyclic) bond motifs is 1. The molecule has 0 fully saturated rings. The second-order valence-electron chi connectivity index (χ2n) is 5.10. The number of sulfonamides is 1. The molecule has 3 N–H and O–H groups in total. The number of primary amides is 1. The summed E-state index contributed by atoms with van der Waals surface area (Å²) in [5.74, 6) is -1.04. The Morgan fingerprint density at radius 2 is 2.10 bits per heavy atom. The highest BCUT2D eigenvalue weighted by Crippen LogP contribution is 2.34. The van der Waals surface area contributed by atoms with Gasteiger partial charge in [-0.25, -0.2) is 8.42 Å². The molecule has 0 spiro atoms. The fourth-order valence-corrected chi connectivity index (χ4v) is 3.78. The van der Waals surface area contributed by atoms with Crippen LogP contribution in [-0.4, -0.2) is 39.1 Å². The van der Waals surface area contributed by atoms with Gasteiger partial charge in [0.2, 0.25) is 15.9 Å². The lowest BCUT2D eigenvalue weighted by atomic mass is 10.1. The van der Waals surface area contributed by atoms with E-state index in [2.05, 4.69) is 5.32 Å². The number of nitrogens with zero attached hydrogens (tertiary/aromatic N) is 1. The molecule has 0 aromatic heterocycles. The molecule has 7 nitrogen and oxygen atoms in total. The third-order valence-electron chi connectivity index (χ3n) is 3.28. The third-order valence-corrected chi connectivity index (χ3v) is 4.55. The van der Waals surface area contributed by atoms with Crippen molar-refractivity contribution in [1.82, 2.24) is 5.32 Å². The number of nitrogens with one attached hydrogen (secondary N) is 1. The molecule has 1 aromatic carbocycles. The first-order valence-corrected chi connectivity index (χ1v) is 8.24. The van der Waals surface area contributed by atoms with Gasteiger partial charge in [0.25, 0.3) is 5.91 Å². The Bertz CT molecular complexity index is 699. The molecule has 114 valence electrons. The zero-order valence-electron chi connectivity index (χ0n) is 11.8. The average molecular weight is 311 g/mol. The first kappa shape index (κ1) is 15.3. The highest BCUT2D eigenvalue weighted by Gasteiger charge is 2.32. The van der Waals surface area contributed by atoms with E-state index >= 15 is 0 Å². The van der Waals surface area contributed by atoms with E-state index in [0.29, 0.717) is 17.7 Å². The highest BCUT2D eigenvalue weighted by atomic mass is 32.2. The minimum Gasteiger partial charge on any atom is -0.368 e. The van der Waals surface area contributed by atoms with E-state index in [4.69, 9.17) is 5.73 Å². The molecule has 0 bridgehead atoms. The normalized spacial score (nSPS) is 17.4. The lowest BCUT2D eigenvalue weighted by Crippen LogP contribution is -2.34. The van der Waals surface area contributed by atoms with E-state index in [0.717, 1.165) is 11.8 Å². The topological polar surface area (TPSA) is 110 Å². The number of nitrogens with two attached hydrogens (primary N) is 1. The first-order valence-electron chi connectivity index (χ1n) is 6.39. The molecule has 1 aromatic rings. The summed E-state index contributed by atoms with van der Waals surface area (Å²) in [6.45, 7) is 1.58. The van der Waals surface area contributed by atoms with Crippen LogP contribution in [0.3, 0.4) is 0 Å². The first-order chi connectivity index (χ1) is 9.70. The monoisotopic (exact) mass is 311 g/mol. The fourth-order valence-electron chi connectivity index (χ4n) is 2.52. The molecule has 21 heavy (non-hydrogen) atoms. The second-order valence-corrected chi connectivity index (χ2v) is 6.96. The summed E-state index contributed by atoms with van der Waals surface area (Å²) in [5.41, 5.74) is 6.72. The van der Waals surface area contributed by atoms with Crippen LogP contribution in [0.15, 0.2) is 18.2 Å². The maximum absolute atomic E-state index is 11.9. The number of anilines is 1. The van der Waals surface area contributed by atoms with Gasteiger partial charge in [0.15, 0.2) is 0 Å². The van der Waals surface area contributed by atoms with Crippen molar-refractivity contribution in [3.63, 3.8) is 0 Å². The van der Waals surface area contributed by atoms with E-state index in [-0.39, 0.29) is 12.6 Å². The molecule has 0 unspecified atom stereocenters. The van der Waals surface area contributed by atoms with Crippen LogP contribution in [0.4, 0.5) is 5.69 Å². The standard InChI is InChI=1S/C13H17N3O4S/c1-8-5-10-6-9(13(18)15-7-12(14)17)3-4-11(10)16(8)21(2,19)20/h3-4,6,8H,5,7H2,1-2H3,(H2,14,17)(H,15,18)/t8-/m1/s1. The van der Waals surface area contributed by atoms with Crippen molar-refractivity contribution >= 4 is 27.5 Å². The van der Waals surface area contributed by atoms with Crippen molar-refractivity contribution in [3.8, 4) is 0 Å². The molecule has 0 saturated heterocycles. The molecule has 0 aliphatic carbocycles. The molecule has 8 heteroatoms. The average Bonchev–Trinajstić information content (AvgIpc) is 2.70. The zero-order valence-corrected chi connectivity index (χ0v) is 12.6. The van der Waals surface area contributed by atoms with Crippen LogP contribution in [0.2, 0.25) is 0 Å². The van der Waals surface area contributed by atoms with Crippen LogP contribution in [0.5, 0.6) is 0 Å². The lowest BCUT2D eigenvalue weighted by molar-refractivity contribution is -0.117. The Labute approximate surface area is 123 Å². The maximum atomic E-state index is 11.9. The smallest absolute Gasteiger partial charge is 0.251 e. The largest absolute Gasteiger partial charge is 0.368 e. The van der Waals surface area contributed by atoms with Gasteiger partial charge in [0, 0.05) is 11.6 Å². The number of amides is 2. The molecule has 2 amide bonds. The molecule has 0 saturated carbocycles. The molecule has 1 atom stereocenters. The second kappa shape index (κ2) is 5.36. The van der Waals surface area contributed by atoms with Gasteiger partial charge in [-0.3, -0.25) is 13.9 Å². The lowest BCUT2D eigenvalue weighted by Gasteiger charge is -2.21. The molecule has 2 rings (SSSR count). The Morgan fingerprint density at radius 1 is 1.43 bits per heavy atom. The summed E-state index contributed by atoms with van der Waals surface area (Å²) in [6, 6.07) is 4.61. The van der Waals surface area contributed by atoms with E-state index in [9.17, 15) is 18.0 Å². The van der Waals surface area contributed by atoms with Crippen LogP contribution in [0.25, 0.3) is 0 Å². The summed E-state index contributed by atoms with van der Waals surface area (Å²) in [7, 11) is -3.35. The van der Waals surface area contributed by atoms with E-state index in [1.165, 1.54) is 10.4 Å². The van der Waals surface area contributed by atoms with Gasteiger partial charge in [-0.15, -0.1) is 0 Å². The summed E-state index contributed by atoms with van der Waals surface area (Å²) in [5, 5.41) is 2.40. The van der Waals surface area contributed by atoms with E-state index < -0.39 is 21.8 Å². The number of carbonyl (C=O) groups is 2. The Kier molecular flexibility index (Phi) is 3.91. The Morgan fingerprint density at radius 3 is 2.67 bits per heavy atom. The highest BCUT2D eigenvalue weighted by molar-refractivity contribution is 7.92. The van der Waals surface area contributed by atoms with Crippen molar-refractivity contribution in [2.75, 3.05) is 17.1 Å². The van der Waals surface area contributed by atoms with Crippen molar-refractivity contribution < 1.29 is 18.0 Å². The van der Waals surface area contributed by atoms with Gasteiger partial charge in [-0.1, -0.05) is 0 Å². The predicted octanol–water partition coefficient (Wildman–Crippen LogP) is -0.388. The molecular formula is C13H17N3O4S. The molecule has 1 heterocycles. The minimum absolute atomic E-state index is 0.182. The SMILES string of the molecule is C[C@@H]1Cc2cc(C(=O)NCC(N)=O)ccc2N1S(C)(=O)=O. The van der Waals surface area contributed by atoms with Crippen molar-refractivity contribution in [1.29, 1.82) is 0 Å². The Balaban J connectivity index is 2.28. The van der Waals surface area contributed by atoms with Crippen LogP contribution >= 0.6 is 0 Å². The zero-order chi connectivity index (χ0) is 15.8. The van der Waals surface area contributed by atoms with Crippen molar-refractivity contribution in [3.05, 3.63) is 29.3 Å². The third kappa shape index (κ3) is 3.15. The summed E-state index contributed by atoms with van der Waals surface area (Å²) in [4.78, 5) is 22.5. The number of benzene rings is 1. The van der Waals surface area contributed by atoms with Crippen molar-refractivity contribution in [2.45, 2.75) is 19.4 Å². The summed E-state index contributed by atoms with van der Waals surface area (Å²) in [6.07, 6.45) is 1.70. The van der Waals surface area contributed by atoms with Crippen LogP contribution in [0, 0.1) is 0 Å². The maximum Gasteiger partial charge on any atom is 0.251 e. The van der Waals surface area contributed by atoms with Crippen LogP contribution in [0.1, 0.15) is 22.8 Å². The van der Waals surface area contributed by atoms with Gasteiger partial charge < -0.3 is 11.1 Å². The van der Waals surface area contributed by atoms with E-state index in [1.807, 2.05) is 6.92 Å². The molecule has 1 aliphatic heterocycles. The van der Waals surface area contributed by atoms with Gasteiger partial charge in [-0.05, 0) is 37.1 Å². The van der Waals surface area contributed by atoms with Gasteiger partial charge in [0.05, 0.1) is 18.5 Å². The quantitative estimate of drug-likeness (QED) is 0.789. The number of hydrogen-bond donors (Lipinski definition) is 2. The van der Waals surface area contributed by atoms with Gasteiger partial charge in [-0.2, -0.15) is 0 Å². The fraction of sp³-hybridized carbons (Fsp3) is 0.385.